The molecule has 1 aromatic carbocycles. The maximum atomic E-state index is 12.7. The molecule has 1 atom stereocenters. The number of furan rings is 1. The smallest absolute Gasteiger partial charge is 0.416 e. The number of hydrogen-bond acceptors (Lipinski definition) is 5. The van der Waals surface area contributed by atoms with E-state index in [9.17, 15) is 22.8 Å². The van der Waals surface area contributed by atoms with E-state index in [0.29, 0.717) is 58.2 Å². The molecule has 0 bridgehead atoms. The van der Waals surface area contributed by atoms with E-state index >= 15 is 0 Å². The largest absolute Gasteiger partial charge is 0.459 e. The lowest BCUT2D eigenvalue weighted by Gasteiger charge is -2.39. The van der Waals surface area contributed by atoms with Crippen LogP contribution < -0.4 is 0 Å². The summed E-state index contributed by atoms with van der Waals surface area (Å²) in [6.45, 7) is 4.24. The number of carbonyl (C=O) groups is 2. The number of ether oxygens (including phenoxy) is 1. The fraction of sp³-hybridized carbons (Fsp3) is 0.455. The van der Waals surface area contributed by atoms with Gasteiger partial charge >= 0.3 is 6.18 Å². The lowest BCUT2D eigenvalue weighted by atomic mass is 10.1. The standard InChI is InChI=1S/C22H24F3N3O4/c23-22(24,25)17-5-3-16(4-6-17)20(29)27-9-7-26(8-10-27)14-18-15-28(11-13-31-18)21(30)19-2-1-12-32-19/h1-6,12,18H,7-11,13-15H2/t18-/m0/s1. The van der Waals surface area contributed by atoms with E-state index in [0.717, 1.165) is 12.1 Å². The van der Waals surface area contributed by atoms with Crippen LogP contribution in [0.5, 0.6) is 0 Å². The van der Waals surface area contributed by atoms with E-state index < -0.39 is 11.7 Å². The van der Waals surface area contributed by atoms with Gasteiger partial charge in [-0.05, 0) is 36.4 Å². The highest BCUT2D eigenvalue weighted by molar-refractivity contribution is 5.94. The van der Waals surface area contributed by atoms with Crippen molar-refractivity contribution in [3.63, 3.8) is 0 Å². The third-order valence-corrected chi connectivity index (χ3v) is 5.74. The molecule has 0 spiro atoms. The predicted octanol–water partition coefficient (Wildman–Crippen LogP) is 2.60. The lowest BCUT2D eigenvalue weighted by molar-refractivity contribution is -0.137. The van der Waals surface area contributed by atoms with Crippen LogP contribution in [0, 0.1) is 0 Å². The minimum atomic E-state index is -4.42. The number of amides is 2. The van der Waals surface area contributed by atoms with Gasteiger partial charge < -0.3 is 19.0 Å². The molecule has 0 radical (unpaired) electrons. The minimum Gasteiger partial charge on any atom is -0.459 e. The summed E-state index contributed by atoms with van der Waals surface area (Å²) < 4.78 is 49.2. The highest BCUT2D eigenvalue weighted by Crippen LogP contribution is 2.29. The van der Waals surface area contributed by atoms with Gasteiger partial charge in [-0.2, -0.15) is 13.2 Å². The quantitative estimate of drug-likeness (QED) is 0.715. The monoisotopic (exact) mass is 451 g/mol. The molecule has 7 nitrogen and oxygen atoms in total. The SMILES string of the molecule is O=C(c1ccc(C(F)(F)F)cc1)N1CCN(C[C@H]2CN(C(=O)c3ccco3)CCO2)CC1. The first-order valence-corrected chi connectivity index (χ1v) is 10.4. The van der Waals surface area contributed by atoms with Crippen molar-refractivity contribution in [3.8, 4) is 0 Å². The third-order valence-electron chi connectivity index (χ3n) is 5.74. The molecule has 0 saturated carbocycles. The molecule has 1 aromatic heterocycles. The number of hydrogen-bond donors (Lipinski definition) is 0. The van der Waals surface area contributed by atoms with Crippen molar-refractivity contribution >= 4 is 11.8 Å². The molecule has 2 aromatic rings. The number of halogens is 3. The fourth-order valence-electron chi connectivity index (χ4n) is 3.98. The molecule has 10 heteroatoms. The molecule has 4 rings (SSSR count). The van der Waals surface area contributed by atoms with E-state index in [1.54, 1.807) is 21.9 Å². The summed E-state index contributed by atoms with van der Waals surface area (Å²) >= 11 is 0. The first kappa shape index (κ1) is 22.3. The molecule has 0 aliphatic carbocycles. The molecule has 0 unspecified atom stereocenters. The highest BCUT2D eigenvalue weighted by Gasteiger charge is 2.32. The van der Waals surface area contributed by atoms with Crippen molar-refractivity contribution in [3.05, 3.63) is 59.5 Å². The van der Waals surface area contributed by atoms with Crippen molar-refractivity contribution in [1.82, 2.24) is 14.7 Å². The maximum Gasteiger partial charge on any atom is 0.416 e. The van der Waals surface area contributed by atoms with Crippen LogP contribution in [0.15, 0.2) is 47.1 Å². The first-order chi connectivity index (χ1) is 15.3. The van der Waals surface area contributed by atoms with Gasteiger partial charge in [0.05, 0.1) is 24.5 Å². The Labute approximate surface area is 183 Å². The predicted molar refractivity (Wildman–Crippen MR) is 108 cm³/mol. The van der Waals surface area contributed by atoms with Crippen LogP contribution in [0.3, 0.4) is 0 Å². The molecule has 2 aliphatic rings. The Balaban J connectivity index is 1.26. The summed E-state index contributed by atoms with van der Waals surface area (Å²) in [5.74, 6) is -0.126. The molecule has 0 N–H and O–H groups in total. The van der Waals surface area contributed by atoms with Crippen LogP contribution in [-0.2, 0) is 10.9 Å². The van der Waals surface area contributed by atoms with Crippen LogP contribution in [0.2, 0.25) is 0 Å². The second kappa shape index (κ2) is 9.33. The average Bonchev–Trinajstić information content (AvgIpc) is 3.33. The van der Waals surface area contributed by atoms with E-state index in [4.69, 9.17) is 9.15 Å². The molecular weight excluding hydrogens is 427 g/mol. The zero-order valence-electron chi connectivity index (χ0n) is 17.4. The number of piperazine rings is 1. The Bertz CT molecular complexity index is 923. The van der Waals surface area contributed by atoms with Crippen LogP contribution in [0.25, 0.3) is 0 Å². The maximum absolute atomic E-state index is 12.7. The Morgan fingerprint density at radius 2 is 1.66 bits per heavy atom. The van der Waals surface area contributed by atoms with Crippen molar-refractivity contribution in [1.29, 1.82) is 0 Å². The number of rotatable bonds is 4. The Kier molecular flexibility index (Phi) is 6.52. The summed E-state index contributed by atoms with van der Waals surface area (Å²) in [4.78, 5) is 30.7. The van der Waals surface area contributed by atoms with Crippen LogP contribution >= 0.6 is 0 Å². The van der Waals surface area contributed by atoms with Crippen molar-refractivity contribution in [2.45, 2.75) is 12.3 Å². The van der Waals surface area contributed by atoms with Gasteiger partial charge in [-0.15, -0.1) is 0 Å². The second-order valence-corrected chi connectivity index (χ2v) is 7.89. The van der Waals surface area contributed by atoms with E-state index in [1.807, 2.05) is 0 Å². The van der Waals surface area contributed by atoms with Gasteiger partial charge in [-0.25, -0.2) is 0 Å². The van der Waals surface area contributed by atoms with Crippen LogP contribution in [-0.4, -0.2) is 85.0 Å². The number of carbonyl (C=O) groups excluding carboxylic acids is 2. The van der Waals surface area contributed by atoms with Crippen molar-refractivity contribution < 1.29 is 31.9 Å². The minimum absolute atomic E-state index is 0.139. The summed E-state index contributed by atoms with van der Waals surface area (Å²) in [5.41, 5.74) is -0.528. The number of alkyl halides is 3. The van der Waals surface area contributed by atoms with Gasteiger partial charge in [0.2, 0.25) is 0 Å². The van der Waals surface area contributed by atoms with Gasteiger partial charge in [0, 0.05) is 51.4 Å². The summed E-state index contributed by atoms with van der Waals surface area (Å²) in [6, 6.07) is 7.62. The molecule has 2 saturated heterocycles. The molecular formula is C22H24F3N3O4. The van der Waals surface area contributed by atoms with E-state index in [-0.39, 0.29) is 23.5 Å². The Morgan fingerprint density at radius 1 is 0.938 bits per heavy atom. The third kappa shape index (κ3) is 5.13. The fourth-order valence-corrected chi connectivity index (χ4v) is 3.98. The van der Waals surface area contributed by atoms with Gasteiger partial charge in [0.15, 0.2) is 5.76 Å². The normalized spacial score (nSPS) is 20.4. The van der Waals surface area contributed by atoms with Crippen LogP contribution in [0.4, 0.5) is 13.2 Å². The Morgan fingerprint density at radius 3 is 2.28 bits per heavy atom. The van der Waals surface area contributed by atoms with E-state index in [1.165, 1.54) is 18.4 Å². The number of benzene rings is 1. The number of morpholine rings is 1. The molecule has 172 valence electrons. The molecule has 3 heterocycles. The zero-order valence-corrected chi connectivity index (χ0v) is 17.4. The average molecular weight is 451 g/mol. The summed E-state index contributed by atoms with van der Waals surface area (Å²) in [5, 5.41) is 0. The van der Waals surface area contributed by atoms with Crippen LogP contribution in [0.1, 0.15) is 26.5 Å². The topological polar surface area (TPSA) is 66.2 Å². The zero-order chi connectivity index (χ0) is 22.7. The molecule has 32 heavy (non-hydrogen) atoms. The van der Waals surface area contributed by atoms with E-state index in [2.05, 4.69) is 4.90 Å². The Hall–Kier alpha value is -2.85. The van der Waals surface area contributed by atoms with Gasteiger partial charge in [-0.1, -0.05) is 0 Å². The first-order valence-electron chi connectivity index (χ1n) is 10.4. The second-order valence-electron chi connectivity index (χ2n) is 7.89. The summed E-state index contributed by atoms with van der Waals surface area (Å²) in [7, 11) is 0. The lowest BCUT2D eigenvalue weighted by Crippen LogP contribution is -2.54. The number of nitrogens with zero attached hydrogens (tertiary/aromatic N) is 3. The van der Waals surface area contributed by atoms with Gasteiger partial charge in [0.1, 0.15) is 0 Å². The van der Waals surface area contributed by atoms with Gasteiger partial charge in [0.25, 0.3) is 11.8 Å². The summed E-state index contributed by atoms with van der Waals surface area (Å²) in [6.07, 6.45) is -3.09. The molecule has 2 aliphatic heterocycles. The van der Waals surface area contributed by atoms with Crippen molar-refractivity contribution in [2.24, 2.45) is 0 Å². The van der Waals surface area contributed by atoms with Gasteiger partial charge in [-0.3, -0.25) is 14.5 Å². The molecule has 2 amide bonds. The molecule has 2 fully saturated rings. The van der Waals surface area contributed by atoms with Crippen molar-refractivity contribution in [2.75, 3.05) is 52.4 Å². The highest BCUT2D eigenvalue weighted by atomic mass is 19.4.